The lowest BCUT2D eigenvalue weighted by molar-refractivity contribution is -0.117. The first-order chi connectivity index (χ1) is 13.8. The van der Waals surface area contributed by atoms with Crippen LogP contribution in [-0.4, -0.2) is 50.9 Å². The van der Waals surface area contributed by atoms with E-state index in [1.165, 1.54) is 22.6 Å². The third-order valence-electron chi connectivity index (χ3n) is 3.91. The van der Waals surface area contributed by atoms with Gasteiger partial charge in [0.15, 0.2) is 0 Å². The van der Waals surface area contributed by atoms with Gasteiger partial charge in [-0.3, -0.25) is 4.79 Å². The van der Waals surface area contributed by atoms with E-state index in [-0.39, 0.29) is 5.91 Å². The maximum Gasteiger partial charge on any atom is 0.435 e. The molecule has 0 bridgehead atoms. The number of fused-ring (bicyclic) bond motifs is 2. The average molecular weight is 435 g/mol. The average Bonchev–Trinajstić information content (AvgIpc) is 2.91. The number of thioether (sulfide) groups is 1. The van der Waals surface area contributed by atoms with Gasteiger partial charge in [-0.2, -0.15) is 9.78 Å². The molecule has 1 aromatic carbocycles. The van der Waals surface area contributed by atoms with Gasteiger partial charge >= 0.3 is 12.2 Å². The molecule has 162 valence electrons. The van der Waals surface area contributed by atoms with Crippen LogP contribution in [-0.2, 0) is 14.3 Å². The van der Waals surface area contributed by atoms with Gasteiger partial charge < -0.3 is 20.1 Å². The number of benzene rings is 1. The largest absolute Gasteiger partial charge is 0.444 e. The smallest absolute Gasteiger partial charge is 0.435 e. The first kappa shape index (κ1) is 21.9. The molecule has 10 heteroatoms. The molecule has 3 rings (SSSR count). The van der Waals surface area contributed by atoms with Crippen molar-refractivity contribution in [1.29, 1.82) is 0 Å². The highest BCUT2D eigenvalue weighted by Gasteiger charge is 2.29. The summed E-state index contributed by atoms with van der Waals surface area (Å²) in [7, 11) is 0. The standard InChI is InChI=1S/C20H26N4O5S/c1-19(2,3)28-17(26)23-13-10-30-15-8-14-11(7-12(15)22-16(13)25)9-21-24(14)18(27)29-20(4,5)6/h7-9,13H,10H2,1-6H3,(H,22,25)(H,23,26)/t13-/m0/s1. The number of anilines is 1. The fourth-order valence-corrected chi connectivity index (χ4v) is 3.79. The number of ether oxygens (including phenoxy) is 2. The van der Waals surface area contributed by atoms with Crippen LogP contribution in [0, 0.1) is 0 Å². The number of rotatable bonds is 1. The summed E-state index contributed by atoms with van der Waals surface area (Å²) in [5.74, 6) is -0.0320. The summed E-state index contributed by atoms with van der Waals surface area (Å²) in [5.41, 5.74) is -0.144. The summed E-state index contributed by atoms with van der Waals surface area (Å²) in [4.78, 5) is 37.9. The quantitative estimate of drug-likeness (QED) is 0.703. The van der Waals surface area contributed by atoms with Crippen molar-refractivity contribution in [1.82, 2.24) is 15.1 Å². The van der Waals surface area contributed by atoms with Gasteiger partial charge in [0.2, 0.25) is 5.91 Å². The van der Waals surface area contributed by atoms with Crippen LogP contribution in [0.5, 0.6) is 0 Å². The van der Waals surface area contributed by atoms with Crippen LogP contribution in [0.25, 0.3) is 10.9 Å². The molecule has 2 amide bonds. The Bertz CT molecular complexity index is 1000. The van der Waals surface area contributed by atoms with Crippen LogP contribution in [0.3, 0.4) is 0 Å². The van der Waals surface area contributed by atoms with E-state index < -0.39 is 29.4 Å². The van der Waals surface area contributed by atoms with Crippen molar-refractivity contribution in [2.75, 3.05) is 11.1 Å². The summed E-state index contributed by atoms with van der Waals surface area (Å²) in [6.45, 7) is 10.6. The first-order valence-corrected chi connectivity index (χ1v) is 10.5. The highest BCUT2D eigenvalue weighted by atomic mass is 32.2. The molecule has 1 atom stereocenters. The molecule has 1 aliphatic heterocycles. The number of nitrogens with one attached hydrogen (secondary N) is 2. The normalized spacial score (nSPS) is 17.0. The number of hydrogen-bond donors (Lipinski definition) is 2. The van der Waals surface area contributed by atoms with Gasteiger partial charge in [0, 0.05) is 16.0 Å². The van der Waals surface area contributed by atoms with Gasteiger partial charge in [-0.25, -0.2) is 9.59 Å². The SMILES string of the molecule is CC(C)(C)OC(=O)N[C@H]1CSc2cc3c(cnn3C(=O)OC(C)(C)C)cc2NC1=O. The fraction of sp³-hybridized carbons (Fsp3) is 0.500. The van der Waals surface area contributed by atoms with E-state index in [9.17, 15) is 14.4 Å². The maximum absolute atomic E-state index is 12.6. The number of alkyl carbamates (subject to hydrolysis) is 1. The Morgan fingerprint density at radius 2 is 1.83 bits per heavy atom. The number of amides is 2. The van der Waals surface area contributed by atoms with Crippen molar-refractivity contribution in [2.45, 2.75) is 63.7 Å². The van der Waals surface area contributed by atoms with E-state index in [0.717, 1.165) is 4.90 Å². The van der Waals surface area contributed by atoms with Crippen molar-refractivity contribution in [3.63, 3.8) is 0 Å². The summed E-state index contributed by atoms with van der Waals surface area (Å²) in [6.07, 6.45) is 0.307. The molecule has 9 nitrogen and oxygen atoms in total. The molecule has 30 heavy (non-hydrogen) atoms. The monoisotopic (exact) mass is 434 g/mol. The lowest BCUT2D eigenvalue weighted by Crippen LogP contribution is -2.46. The Kier molecular flexibility index (Phi) is 5.72. The van der Waals surface area contributed by atoms with Crippen LogP contribution in [0.2, 0.25) is 0 Å². The van der Waals surface area contributed by atoms with Crippen LogP contribution in [0.15, 0.2) is 23.2 Å². The summed E-state index contributed by atoms with van der Waals surface area (Å²) in [6, 6.07) is 2.77. The molecule has 0 saturated heterocycles. The van der Waals surface area contributed by atoms with Crippen LogP contribution in [0.1, 0.15) is 41.5 Å². The van der Waals surface area contributed by atoms with E-state index >= 15 is 0 Å². The number of hydrogen-bond acceptors (Lipinski definition) is 7. The molecule has 0 unspecified atom stereocenters. The van der Waals surface area contributed by atoms with E-state index in [0.29, 0.717) is 22.3 Å². The highest BCUT2D eigenvalue weighted by Crippen LogP contribution is 2.35. The van der Waals surface area contributed by atoms with E-state index in [1.807, 2.05) is 0 Å². The lowest BCUT2D eigenvalue weighted by Gasteiger charge is -2.22. The highest BCUT2D eigenvalue weighted by molar-refractivity contribution is 7.99. The zero-order valence-corrected chi connectivity index (χ0v) is 18.7. The molecule has 0 spiro atoms. The molecular formula is C20H26N4O5S. The molecular weight excluding hydrogens is 408 g/mol. The predicted octanol–water partition coefficient (Wildman–Crippen LogP) is 3.76. The predicted molar refractivity (Wildman–Crippen MR) is 114 cm³/mol. The minimum absolute atomic E-state index is 0.310. The van der Waals surface area contributed by atoms with Gasteiger partial charge in [-0.1, -0.05) is 0 Å². The minimum atomic E-state index is -0.761. The van der Waals surface area contributed by atoms with Gasteiger partial charge in [-0.05, 0) is 53.7 Å². The molecule has 0 aliphatic carbocycles. The number of carbonyl (C=O) groups excluding carboxylic acids is 3. The Hall–Kier alpha value is -2.75. The van der Waals surface area contributed by atoms with Crippen molar-refractivity contribution in [3.8, 4) is 0 Å². The Morgan fingerprint density at radius 3 is 2.47 bits per heavy atom. The van der Waals surface area contributed by atoms with E-state index in [2.05, 4.69) is 15.7 Å². The molecule has 0 radical (unpaired) electrons. The fourth-order valence-electron chi connectivity index (χ4n) is 2.75. The topological polar surface area (TPSA) is 112 Å². The Morgan fingerprint density at radius 1 is 1.17 bits per heavy atom. The zero-order valence-electron chi connectivity index (χ0n) is 17.9. The van der Waals surface area contributed by atoms with Crippen molar-refractivity contribution in [3.05, 3.63) is 18.3 Å². The summed E-state index contributed by atoms with van der Waals surface area (Å²) < 4.78 is 11.8. The number of nitrogens with zero attached hydrogens (tertiary/aromatic N) is 2. The molecule has 2 aromatic rings. The Balaban J connectivity index is 1.82. The lowest BCUT2D eigenvalue weighted by atomic mass is 10.2. The van der Waals surface area contributed by atoms with Crippen molar-refractivity contribution >= 4 is 46.4 Å². The zero-order chi connectivity index (χ0) is 22.3. The van der Waals surface area contributed by atoms with Crippen LogP contribution < -0.4 is 10.6 Å². The number of aromatic nitrogens is 2. The number of carbonyl (C=O) groups is 3. The summed E-state index contributed by atoms with van der Waals surface area (Å²) >= 11 is 1.39. The minimum Gasteiger partial charge on any atom is -0.444 e. The molecule has 2 N–H and O–H groups in total. The van der Waals surface area contributed by atoms with Gasteiger partial charge in [-0.15, -0.1) is 11.8 Å². The molecule has 1 aromatic heterocycles. The second kappa shape index (κ2) is 7.82. The third-order valence-corrected chi connectivity index (χ3v) is 5.06. The van der Waals surface area contributed by atoms with E-state index in [4.69, 9.17) is 9.47 Å². The van der Waals surface area contributed by atoms with Crippen LogP contribution in [0.4, 0.5) is 15.3 Å². The maximum atomic E-state index is 12.6. The van der Waals surface area contributed by atoms with Gasteiger partial charge in [0.25, 0.3) is 0 Å². The second-order valence-corrected chi connectivity index (χ2v) is 10.0. The third kappa shape index (κ3) is 5.24. The van der Waals surface area contributed by atoms with E-state index in [1.54, 1.807) is 53.7 Å². The Labute approximate surface area is 178 Å². The summed E-state index contributed by atoms with van der Waals surface area (Å²) in [5, 5.41) is 10.2. The van der Waals surface area contributed by atoms with Gasteiger partial charge in [0.05, 0.1) is 17.4 Å². The molecule has 0 fully saturated rings. The van der Waals surface area contributed by atoms with Crippen LogP contribution >= 0.6 is 11.8 Å². The molecule has 2 heterocycles. The molecule has 0 saturated carbocycles. The van der Waals surface area contributed by atoms with Gasteiger partial charge in [0.1, 0.15) is 17.2 Å². The van der Waals surface area contributed by atoms with Crippen molar-refractivity contribution in [2.24, 2.45) is 0 Å². The van der Waals surface area contributed by atoms with Crippen molar-refractivity contribution < 1.29 is 23.9 Å². The second-order valence-electron chi connectivity index (χ2n) is 8.94. The first-order valence-electron chi connectivity index (χ1n) is 9.51. The molecule has 1 aliphatic rings.